The van der Waals surface area contributed by atoms with Crippen LogP contribution < -0.4 is 0 Å². The van der Waals surface area contributed by atoms with Crippen LogP contribution in [0.25, 0.3) is 0 Å². The van der Waals surface area contributed by atoms with E-state index in [1.807, 2.05) is 31.2 Å². The first-order chi connectivity index (χ1) is 11.5. The van der Waals surface area contributed by atoms with Crippen LogP contribution in [0.1, 0.15) is 16.7 Å². The molecule has 0 N–H and O–H groups in total. The van der Waals surface area contributed by atoms with Crippen LogP contribution in [-0.2, 0) is 6.18 Å². The number of alkyl halides is 3. The summed E-state index contributed by atoms with van der Waals surface area (Å²) in [6.45, 7) is 8.29. The summed E-state index contributed by atoms with van der Waals surface area (Å²) in [5.41, 5.74) is 5.43. The van der Waals surface area contributed by atoms with Gasteiger partial charge in [-0.1, -0.05) is 49.8 Å². The van der Waals surface area contributed by atoms with Crippen molar-refractivity contribution in [2.24, 2.45) is 4.99 Å². The molecule has 0 bridgehead atoms. The Labute approximate surface area is 147 Å². The van der Waals surface area contributed by atoms with E-state index in [1.54, 1.807) is 0 Å². The summed E-state index contributed by atoms with van der Waals surface area (Å²) in [6, 6.07) is 12.6. The molecule has 2 rings (SSSR count). The molecule has 0 saturated heterocycles. The normalized spacial score (nSPS) is 12.5. The standard InChI is InChI=1S/C20H20F3NSi/c1-15-6-5-7-18(14-15)24-19(12-13-25(2,3)4)16-8-10-17(11-9-16)20(21,22)23/h5-11,14H,1-4H3. The van der Waals surface area contributed by atoms with Crippen LogP contribution >= 0.6 is 0 Å². The van der Waals surface area contributed by atoms with Crippen LogP contribution in [0.4, 0.5) is 18.9 Å². The average Bonchev–Trinajstić information content (AvgIpc) is 2.50. The van der Waals surface area contributed by atoms with E-state index in [-0.39, 0.29) is 0 Å². The van der Waals surface area contributed by atoms with Gasteiger partial charge in [0, 0.05) is 5.56 Å². The molecule has 0 aliphatic carbocycles. The molecule has 0 fully saturated rings. The summed E-state index contributed by atoms with van der Waals surface area (Å²) >= 11 is 0. The molecule has 0 unspecified atom stereocenters. The fourth-order valence-corrected chi connectivity index (χ4v) is 2.55. The average molecular weight is 359 g/mol. The van der Waals surface area contributed by atoms with Crippen molar-refractivity contribution in [3.05, 3.63) is 65.2 Å². The monoisotopic (exact) mass is 359 g/mol. The van der Waals surface area contributed by atoms with Gasteiger partial charge in [0.1, 0.15) is 13.8 Å². The third-order valence-corrected chi connectivity index (χ3v) is 4.16. The van der Waals surface area contributed by atoms with Crippen LogP contribution in [0.2, 0.25) is 19.6 Å². The fraction of sp³-hybridized carbons (Fsp3) is 0.250. The predicted molar refractivity (Wildman–Crippen MR) is 99.9 cm³/mol. The van der Waals surface area contributed by atoms with Gasteiger partial charge in [-0.3, -0.25) is 0 Å². The molecule has 0 amide bonds. The van der Waals surface area contributed by atoms with Gasteiger partial charge in [-0.25, -0.2) is 4.99 Å². The van der Waals surface area contributed by atoms with Crippen LogP contribution in [0, 0.1) is 18.4 Å². The predicted octanol–water partition coefficient (Wildman–Crippen LogP) is 6.02. The zero-order valence-electron chi connectivity index (χ0n) is 14.7. The Morgan fingerprint density at radius 2 is 1.64 bits per heavy atom. The molecule has 130 valence electrons. The Morgan fingerprint density at radius 3 is 2.16 bits per heavy atom. The van der Waals surface area contributed by atoms with Crippen molar-refractivity contribution in [1.29, 1.82) is 0 Å². The Bertz CT molecular complexity index is 832. The van der Waals surface area contributed by atoms with Crippen molar-refractivity contribution in [3.8, 4) is 11.5 Å². The molecule has 0 aliphatic heterocycles. The SMILES string of the molecule is Cc1cccc(N=C(C#C[Si](C)(C)C)c2ccc(C(F)(F)F)cc2)c1. The van der Waals surface area contributed by atoms with Crippen molar-refractivity contribution in [3.63, 3.8) is 0 Å². The van der Waals surface area contributed by atoms with Gasteiger partial charge in [-0.2, -0.15) is 13.2 Å². The van der Waals surface area contributed by atoms with Gasteiger partial charge < -0.3 is 0 Å². The maximum Gasteiger partial charge on any atom is 0.416 e. The first kappa shape index (κ1) is 19.0. The zero-order valence-corrected chi connectivity index (χ0v) is 15.7. The molecule has 5 heteroatoms. The summed E-state index contributed by atoms with van der Waals surface area (Å²) in [4.78, 5) is 4.57. The lowest BCUT2D eigenvalue weighted by atomic mass is 10.1. The molecule has 0 aliphatic rings. The van der Waals surface area contributed by atoms with Crippen molar-refractivity contribution >= 4 is 19.5 Å². The highest BCUT2D eigenvalue weighted by molar-refractivity contribution is 6.84. The van der Waals surface area contributed by atoms with Crippen LogP contribution in [0.5, 0.6) is 0 Å². The number of hydrogen-bond acceptors (Lipinski definition) is 1. The molecule has 1 nitrogen and oxygen atoms in total. The van der Waals surface area contributed by atoms with Gasteiger partial charge in [0.15, 0.2) is 0 Å². The minimum atomic E-state index is -4.35. The first-order valence-corrected chi connectivity index (χ1v) is 11.4. The number of aryl methyl sites for hydroxylation is 1. The number of nitrogens with zero attached hydrogens (tertiary/aromatic N) is 1. The first-order valence-electron chi connectivity index (χ1n) is 7.91. The number of rotatable bonds is 2. The highest BCUT2D eigenvalue weighted by Gasteiger charge is 2.30. The van der Waals surface area contributed by atoms with E-state index in [9.17, 15) is 13.2 Å². The minimum absolute atomic E-state index is 0.488. The van der Waals surface area contributed by atoms with Crippen molar-refractivity contribution in [2.75, 3.05) is 0 Å². The lowest BCUT2D eigenvalue weighted by molar-refractivity contribution is -0.137. The van der Waals surface area contributed by atoms with E-state index < -0.39 is 19.8 Å². The molecule has 0 aromatic heterocycles. The van der Waals surface area contributed by atoms with Crippen LogP contribution in [0.3, 0.4) is 0 Å². The Kier molecular flexibility index (Phi) is 5.54. The van der Waals surface area contributed by atoms with Crippen LogP contribution in [-0.4, -0.2) is 13.8 Å². The summed E-state index contributed by atoms with van der Waals surface area (Å²) in [6.07, 6.45) is -4.35. The van der Waals surface area contributed by atoms with E-state index in [1.165, 1.54) is 12.1 Å². The van der Waals surface area contributed by atoms with E-state index >= 15 is 0 Å². The molecular formula is C20H20F3NSi. The molecule has 25 heavy (non-hydrogen) atoms. The number of halogens is 3. The molecule has 2 aromatic carbocycles. The summed E-state index contributed by atoms with van der Waals surface area (Å²) < 4.78 is 38.3. The largest absolute Gasteiger partial charge is 0.416 e. The second kappa shape index (κ2) is 7.28. The number of hydrogen-bond donors (Lipinski definition) is 0. The van der Waals surface area contributed by atoms with Gasteiger partial charge in [0.05, 0.1) is 11.3 Å². The fourth-order valence-electron chi connectivity index (χ4n) is 2.06. The molecule has 0 saturated carbocycles. The van der Waals surface area contributed by atoms with E-state index in [0.717, 1.165) is 23.4 Å². The summed E-state index contributed by atoms with van der Waals surface area (Å²) in [5.74, 6) is 3.08. The highest BCUT2D eigenvalue weighted by Crippen LogP contribution is 2.29. The van der Waals surface area contributed by atoms with Crippen molar-refractivity contribution < 1.29 is 13.2 Å². The Hall–Kier alpha value is -2.32. The number of benzene rings is 2. The smallest absolute Gasteiger partial charge is 0.239 e. The third kappa shape index (κ3) is 5.91. The van der Waals surface area contributed by atoms with E-state index in [0.29, 0.717) is 11.3 Å². The molecule has 0 spiro atoms. The maximum absolute atomic E-state index is 12.8. The van der Waals surface area contributed by atoms with Gasteiger partial charge in [0.25, 0.3) is 0 Å². The van der Waals surface area contributed by atoms with Crippen LogP contribution in [0.15, 0.2) is 53.5 Å². The van der Waals surface area contributed by atoms with Crippen molar-refractivity contribution in [1.82, 2.24) is 0 Å². The maximum atomic E-state index is 12.8. The lowest BCUT2D eigenvalue weighted by Crippen LogP contribution is -2.17. The number of aliphatic imine (C=N–C) groups is 1. The highest BCUT2D eigenvalue weighted by atomic mass is 28.3. The summed E-state index contributed by atoms with van der Waals surface area (Å²) in [5, 5.41) is 0. The zero-order chi connectivity index (χ0) is 18.7. The molecule has 2 aromatic rings. The third-order valence-electron chi connectivity index (χ3n) is 3.28. The molecule has 0 heterocycles. The molecule has 0 atom stereocenters. The molecular weight excluding hydrogens is 339 g/mol. The van der Waals surface area contributed by atoms with Gasteiger partial charge in [0.2, 0.25) is 0 Å². The van der Waals surface area contributed by atoms with Gasteiger partial charge in [-0.05, 0) is 36.8 Å². The van der Waals surface area contributed by atoms with Gasteiger partial charge >= 0.3 is 6.18 Å². The van der Waals surface area contributed by atoms with E-state index in [2.05, 4.69) is 36.1 Å². The second-order valence-electron chi connectivity index (χ2n) is 6.87. The van der Waals surface area contributed by atoms with E-state index in [4.69, 9.17) is 0 Å². The lowest BCUT2D eigenvalue weighted by Gasteiger charge is -2.08. The van der Waals surface area contributed by atoms with Crippen molar-refractivity contribution in [2.45, 2.75) is 32.7 Å². The van der Waals surface area contributed by atoms with Gasteiger partial charge in [-0.15, -0.1) is 5.54 Å². The topological polar surface area (TPSA) is 12.4 Å². The quantitative estimate of drug-likeness (QED) is 0.353. The summed E-state index contributed by atoms with van der Waals surface area (Å²) in [7, 11) is -1.64. The Balaban J connectivity index is 2.49. The second-order valence-corrected chi connectivity index (χ2v) is 11.6. The minimum Gasteiger partial charge on any atom is -0.239 e. The molecule has 0 radical (unpaired) electrons. The Morgan fingerprint density at radius 1 is 1.00 bits per heavy atom.